The molecule has 1 atom stereocenters. The lowest BCUT2D eigenvalue weighted by Gasteiger charge is -2.18. The van der Waals surface area contributed by atoms with E-state index in [2.05, 4.69) is 106 Å². The molecule has 0 aliphatic carbocycles. The van der Waals surface area contributed by atoms with E-state index in [1.165, 1.54) is 148 Å². The van der Waals surface area contributed by atoms with Crippen LogP contribution in [-0.2, 0) is 28.6 Å². The molecule has 0 rings (SSSR count). The second kappa shape index (κ2) is 62.1. The van der Waals surface area contributed by atoms with Gasteiger partial charge in [-0.05, 0) is 89.9 Å². The molecule has 1 unspecified atom stereocenters. The lowest BCUT2D eigenvalue weighted by molar-refractivity contribution is -0.167. The Balaban J connectivity index is 4.29. The number of hydrogen-bond acceptors (Lipinski definition) is 6. The molecule has 0 radical (unpaired) electrons. The van der Waals surface area contributed by atoms with Crippen LogP contribution in [0.4, 0.5) is 0 Å². The van der Waals surface area contributed by atoms with Crippen LogP contribution in [0.25, 0.3) is 0 Å². The maximum Gasteiger partial charge on any atom is 0.306 e. The van der Waals surface area contributed by atoms with Crippen molar-refractivity contribution in [2.45, 2.75) is 316 Å². The van der Waals surface area contributed by atoms with Gasteiger partial charge >= 0.3 is 17.9 Å². The summed E-state index contributed by atoms with van der Waals surface area (Å²) in [5.41, 5.74) is 0. The van der Waals surface area contributed by atoms with Crippen LogP contribution >= 0.6 is 0 Å². The highest BCUT2D eigenvalue weighted by Crippen LogP contribution is 2.17. The molecule has 0 saturated carbocycles. The van der Waals surface area contributed by atoms with Crippen molar-refractivity contribution in [2.24, 2.45) is 0 Å². The molecule has 0 spiro atoms. The van der Waals surface area contributed by atoms with Gasteiger partial charge in [-0.25, -0.2) is 0 Å². The summed E-state index contributed by atoms with van der Waals surface area (Å²) in [5.74, 6) is -0.911. The SMILES string of the molecule is CC/C=C\C/C=C\C/C=C\C/C=C\C/C=C\C/C=C\CCCCCCC(=O)OCC(COC(=O)CCCCCCC/C=C\CCC)OC(=O)CCCCCCCCCCCCCCCCCCCCCCCCC. The van der Waals surface area contributed by atoms with E-state index in [0.717, 1.165) is 122 Å². The van der Waals surface area contributed by atoms with Gasteiger partial charge in [-0.3, -0.25) is 14.4 Å². The van der Waals surface area contributed by atoms with Gasteiger partial charge in [0.05, 0.1) is 0 Å². The summed E-state index contributed by atoms with van der Waals surface area (Å²) in [6, 6.07) is 0. The third kappa shape index (κ3) is 59.5. The van der Waals surface area contributed by atoms with Gasteiger partial charge in [0.25, 0.3) is 0 Å². The van der Waals surface area contributed by atoms with E-state index in [-0.39, 0.29) is 31.1 Å². The lowest BCUT2D eigenvalue weighted by atomic mass is 10.0. The number of carbonyl (C=O) groups is 3. The van der Waals surface area contributed by atoms with Crippen LogP contribution in [0.1, 0.15) is 310 Å². The topological polar surface area (TPSA) is 78.9 Å². The van der Waals surface area contributed by atoms with E-state index in [4.69, 9.17) is 14.2 Å². The number of unbranched alkanes of at least 4 members (excludes halogenated alkanes) is 32. The molecule has 0 aromatic rings. The molecule has 0 aromatic carbocycles. The largest absolute Gasteiger partial charge is 0.462 e. The summed E-state index contributed by atoms with van der Waals surface area (Å²) in [5, 5.41) is 0. The molecule has 6 nitrogen and oxygen atoms in total. The first kappa shape index (κ1) is 70.6. The Kier molecular flexibility index (Phi) is 59.3. The molecule has 426 valence electrons. The van der Waals surface area contributed by atoms with E-state index in [9.17, 15) is 14.4 Å². The first-order valence-corrected chi connectivity index (χ1v) is 31.6. The van der Waals surface area contributed by atoms with Crippen LogP contribution in [0, 0.1) is 0 Å². The smallest absolute Gasteiger partial charge is 0.306 e. The van der Waals surface area contributed by atoms with Crippen molar-refractivity contribution in [3.63, 3.8) is 0 Å². The molecule has 6 heteroatoms. The number of rotatable bonds is 57. The van der Waals surface area contributed by atoms with Gasteiger partial charge in [0.1, 0.15) is 13.2 Å². The molecule has 74 heavy (non-hydrogen) atoms. The van der Waals surface area contributed by atoms with Crippen molar-refractivity contribution in [3.8, 4) is 0 Å². The number of carbonyl (C=O) groups excluding carboxylic acids is 3. The fraction of sp³-hybridized carbons (Fsp3) is 0.750. The summed E-state index contributed by atoms with van der Waals surface area (Å²) in [4.78, 5) is 38.2. The Morgan fingerprint density at radius 1 is 0.284 bits per heavy atom. The molecule has 0 bridgehead atoms. The summed E-state index contributed by atoms with van der Waals surface area (Å²) in [6.07, 6.45) is 81.7. The van der Waals surface area contributed by atoms with Crippen molar-refractivity contribution in [3.05, 3.63) is 85.1 Å². The zero-order chi connectivity index (χ0) is 53.6. The molecule has 0 fully saturated rings. The fourth-order valence-electron chi connectivity index (χ4n) is 8.92. The second-order valence-corrected chi connectivity index (χ2v) is 20.9. The standard InChI is InChI=1S/C68H118O6/c1-4-7-10-13-16-19-22-24-26-28-30-32-34-36-38-40-42-44-46-49-52-55-58-61-67(70)73-64-65(63-72-66(69)60-57-54-51-48-21-18-15-12-9-6-3)74-68(71)62-59-56-53-50-47-45-43-41-39-37-35-33-31-29-27-25-23-20-17-14-11-8-5-2/h7,10,12,15-16,19,24,26,30,32,36,38,42,44,65H,4-6,8-9,11,13-14,17-18,20-23,25,27-29,31,33-35,37,39-41,43,45-64H2,1-3H3/b10-7-,15-12-,19-16-,26-24-,32-30-,38-36-,44-42-. The van der Waals surface area contributed by atoms with Gasteiger partial charge in [0, 0.05) is 19.3 Å². The third-order valence-electron chi connectivity index (χ3n) is 13.6. The third-order valence-corrected chi connectivity index (χ3v) is 13.6. The Labute approximate surface area is 458 Å². The Morgan fingerprint density at radius 3 is 0.892 bits per heavy atom. The number of hydrogen-bond donors (Lipinski definition) is 0. The maximum absolute atomic E-state index is 12.9. The number of allylic oxidation sites excluding steroid dienone is 14. The first-order valence-electron chi connectivity index (χ1n) is 31.6. The molecule has 0 heterocycles. The minimum Gasteiger partial charge on any atom is -0.462 e. The minimum absolute atomic E-state index is 0.0874. The molecule has 0 N–H and O–H groups in total. The van der Waals surface area contributed by atoms with E-state index in [1.807, 2.05) is 0 Å². The molecule has 0 saturated heterocycles. The lowest BCUT2D eigenvalue weighted by Crippen LogP contribution is -2.30. The van der Waals surface area contributed by atoms with Crippen LogP contribution in [-0.4, -0.2) is 37.2 Å². The van der Waals surface area contributed by atoms with E-state index < -0.39 is 6.10 Å². The molecule has 0 aliphatic heterocycles. The Hall–Kier alpha value is -3.41. The average Bonchev–Trinajstić information content (AvgIpc) is 3.40. The highest BCUT2D eigenvalue weighted by molar-refractivity contribution is 5.71. The number of esters is 3. The van der Waals surface area contributed by atoms with E-state index >= 15 is 0 Å². The zero-order valence-corrected chi connectivity index (χ0v) is 48.8. The van der Waals surface area contributed by atoms with E-state index in [1.54, 1.807) is 0 Å². The van der Waals surface area contributed by atoms with Crippen molar-refractivity contribution in [1.29, 1.82) is 0 Å². The van der Waals surface area contributed by atoms with Crippen LogP contribution in [0.15, 0.2) is 85.1 Å². The summed E-state index contributed by atoms with van der Waals surface area (Å²) < 4.78 is 16.9. The molecule has 0 aliphatic rings. The van der Waals surface area contributed by atoms with Crippen LogP contribution in [0.5, 0.6) is 0 Å². The van der Waals surface area contributed by atoms with Gasteiger partial charge < -0.3 is 14.2 Å². The Morgan fingerprint density at radius 2 is 0.554 bits per heavy atom. The summed E-state index contributed by atoms with van der Waals surface area (Å²) in [7, 11) is 0. The van der Waals surface area contributed by atoms with Gasteiger partial charge in [0.2, 0.25) is 0 Å². The predicted molar refractivity (Wildman–Crippen MR) is 321 cm³/mol. The first-order chi connectivity index (χ1) is 36.5. The molecular formula is C68H118O6. The molecule has 0 amide bonds. The second-order valence-electron chi connectivity index (χ2n) is 20.9. The average molecular weight is 1030 g/mol. The van der Waals surface area contributed by atoms with Gasteiger partial charge in [-0.2, -0.15) is 0 Å². The van der Waals surface area contributed by atoms with Crippen LogP contribution in [0.3, 0.4) is 0 Å². The molecule has 0 aromatic heterocycles. The monoisotopic (exact) mass is 1030 g/mol. The highest BCUT2D eigenvalue weighted by Gasteiger charge is 2.19. The minimum atomic E-state index is -0.790. The van der Waals surface area contributed by atoms with Crippen molar-refractivity contribution < 1.29 is 28.6 Å². The van der Waals surface area contributed by atoms with Crippen molar-refractivity contribution in [2.75, 3.05) is 13.2 Å². The van der Waals surface area contributed by atoms with Gasteiger partial charge in [0.15, 0.2) is 6.10 Å². The van der Waals surface area contributed by atoms with Crippen molar-refractivity contribution in [1.82, 2.24) is 0 Å². The quantitative estimate of drug-likeness (QED) is 0.0261. The van der Waals surface area contributed by atoms with Gasteiger partial charge in [-0.1, -0.05) is 286 Å². The van der Waals surface area contributed by atoms with Crippen molar-refractivity contribution >= 4 is 17.9 Å². The summed E-state index contributed by atoms with van der Waals surface area (Å²) >= 11 is 0. The zero-order valence-electron chi connectivity index (χ0n) is 48.8. The number of ether oxygens (including phenoxy) is 3. The van der Waals surface area contributed by atoms with Gasteiger partial charge in [-0.15, -0.1) is 0 Å². The fourth-order valence-corrected chi connectivity index (χ4v) is 8.92. The normalized spacial score (nSPS) is 12.6. The maximum atomic E-state index is 12.9. The molecular weight excluding hydrogens is 913 g/mol. The Bertz CT molecular complexity index is 1420. The highest BCUT2D eigenvalue weighted by atomic mass is 16.6. The predicted octanol–water partition coefficient (Wildman–Crippen LogP) is 21.5. The van der Waals surface area contributed by atoms with Crippen LogP contribution in [0.2, 0.25) is 0 Å². The van der Waals surface area contributed by atoms with Crippen LogP contribution < -0.4 is 0 Å². The summed E-state index contributed by atoms with van der Waals surface area (Å²) in [6.45, 7) is 6.47. The van der Waals surface area contributed by atoms with E-state index in [0.29, 0.717) is 19.3 Å².